The Morgan fingerprint density at radius 1 is 1.18 bits per heavy atom. The number of aliphatic hydroxyl groups is 1. The number of hydrogen-bond donors (Lipinski definition) is 2. The Balaban J connectivity index is 1.39. The van der Waals surface area contributed by atoms with E-state index in [1.807, 2.05) is 0 Å². The fourth-order valence-corrected chi connectivity index (χ4v) is 5.84. The molecule has 2 atom stereocenters. The van der Waals surface area contributed by atoms with E-state index in [-0.39, 0.29) is 46.8 Å². The third-order valence-corrected chi connectivity index (χ3v) is 8.30. The summed E-state index contributed by atoms with van der Waals surface area (Å²) < 4.78 is 68.0. The molecule has 2 fully saturated rings. The molecule has 0 aromatic carbocycles. The van der Waals surface area contributed by atoms with Crippen LogP contribution in [-0.4, -0.2) is 67.9 Å². The van der Waals surface area contributed by atoms with Gasteiger partial charge in [-0.25, -0.2) is 31.1 Å². The van der Waals surface area contributed by atoms with Gasteiger partial charge in [0, 0.05) is 30.9 Å². The van der Waals surface area contributed by atoms with Crippen LogP contribution in [0.25, 0.3) is 16.9 Å². The van der Waals surface area contributed by atoms with Crippen LogP contribution in [0.3, 0.4) is 0 Å². The lowest BCUT2D eigenvalue weighted by molar-refractivity contribution is 0.0946. The summed E-state index contributed by atoms with van der Waals surface area (Å²) in [5.74, 6) is -0.564. The molecule has 5 rings (SSSR count). The molecule has 0 unspecified atom stereocenters. The first kappa shape index (κ1) is 22.0. The second-order valence-corrected chi connectivity index (χ2v) is 10.5. The second-order valence-electron chi connectivity index (χ2n) is 8.24. The zero-order valence-corrected chi connectivity index (χ0v) is 18.1. The summed E-state index contributed by atoms with van der Waals surface area (Å²) in [4.78, 5) is 8.15. The number of β-amino-alcohol motifs (C(OH)–C–C–N with tert-alkyl or cyclic N) is 1. The number of rotatable bonds is 6. The van der Waals surface area contributed by atoms with Crippen LogP contribution >= 0.6 is 0 Å². The van der Waals surface area contributed by atoms with E-state index in [4.69, 9.17) is 0 Å². The number of fused-ring (bicyclic) bond motifs is 1. The summed E-state index contributed by atoms with van der Waals surface area (Å²) in [5.41, 5.74) is 0.0702. The van der Waals surface area contributed by atoms with Gasteiger partial charge in [-0.3, -0.25) is 4.98 Å². The van der Waals surface area contributed by atoms with Crippen LogP contribution < -0.4 is 5.32 Å². The number of piperidine rings is 1. The van der Waals surface area contributed by atoms with Gasteiger partial charge in [-0.05, 0) is 31.4 Å². The number of aromatic nitrogens is 4. The topological polar surface area (TPSA) is 113 Å². The van der Waals surface area contributed by atoms with Crippen LogP contribution in [0.5, 0.6) is 0 Å². The van der Waals surface area contributed by atoms with Crippen molar-refractivity contribution in [3.63, 3.8) is 0 Å². The number of nitrogens with zero attached hydrogens (tertiary/aromatic N) is 5. The van der Waals surface area contributed by atoms with Crippen LogP contribution in [-0.2, 0) is 10.0 Å². The number of sulfonamides is 1. The summed E-state index contributed by atoms with van der Waals surface area (Å²) in [6.07, 6.45) is 0.394. The van der Waals surface area contributed by atoms with Crippen molar-refractivity contribution in [1.29, 1.82) is 0 Å². The van der Waals surface area contributed by atoms with Crippen molar-refractivity contribution >= 4 is 21.5 Å². The minimum Gasteiger partial charge on any atom is -0.390 e. The number of hydrogen-bond acceptors (Lipinski definition) is 7. The van der Waals surface area contributed by atoms with Crippen molar-refractivity contribution in [1.82, 2.24) is 23.9 Å². The minimum absolute atomic E-state index is 0.0331. The molecule has 0 bridgehead atoms. The molecule has 0 spiro atoms. The van der Waals surface area contributed by atoms with Crippen LogP contribution in [0.2, 0.25) is 0 Å². The lowest BCUT2D eigenvalue weighted by atomic mass is 10.0. The average molecular weight is 482 g/mol. The molecule has 2 N–H and O–H groups in total. The molecule has 3 aromatic rings. The monoisotopic (exact) mass is 482 g/mol. The summed E-state index contributed by atoms with van der Waals surface area (Å²) in [6, 6.07) is 2.97. The highest BCUT2D eigenvalue weighted by molar-refractivity contribution is 7.90. The van der Waals surface area contributed by atoms with E-state index in [1.54, 1.807) is 0 Å². The van der Waals surface area contributed by atoms with Gasteiger partial charge in [0.25, 0.3) is 6.43 Å². The normalized spacial score (nSPS) is 22.2. The SMILES string of the molecule is O=S(=O)(C1CC1)N1CC[C@@H](Nc2ncc3c(F)cc(-c4cc(C(F)F)ccn4)n3n2)[C@H](O)C1. The Kier molecular flexibility index (Phi) is 5.49. The van der Waals surface area contributed by atoms with Crippen LogP contribution in [0.4, 0.5) is 19.1 Å². The lowest BCUT2D eigenvalue weighted by Crippen LogP contribution is -2.52. The summed E-state index contributed by atoms with van der Waals surface area (Å²) in [5, 5.41) is 17.4. The molecule has 1 aliphatic carbocycles. The predicted molar refractivity (Wildman–Crippen MR) is 113 cm³/mol. The van der Waals surface area contributed by atoms with Crippen LogP contribution in [0.15, 0.2) is 30.6 Å². The molecular weight excluding hydrogens is 461 g/mol. The first-order valence-corrected chi connectivity index (χ1v) is 12.0. The van der Waals surface area contributed by atoms with E-state index in [9.17, 15) is 26.7 Å². The van der Waals surface area contributed by atoms with Gasteiger partial charge in [0.1, 0.15) is 5.52 Å². The molecule has 33 heavy (non-hydrogen) atoms. The van der Waals surface area contributed by atoms with Gasteiger partial charge in [0.2, 0.25) is 16.0 Å². The van der Waals surface area contributed by atoms with E-state index < -0.39 is 34.4 Å². The molecule has 3 aromatic heterocycles. The van der Waals surface area contributed by atoms with Crippen molar-refractivity contribution in [3.8, 4) is 11.4 Å². The first-order chi connectivity index (χ1) is 15.7. The van der Waals surface area contributed by atoms with Crippen LogP contribution in [0.1, 0.15) is 31.3 Å². The molecule has 9 nitrogen and oxygen atoms in total. The maximum atomic E-state index is 14.4. The van der Waals surface area contributed by atoms with E-state index in [0.29, 0.717) is 19.3 Å². The summed E-state index contributed by atoms with van der Waals surface area (Å²) in [7, 11) is -3.38. The van der Waals surface area contributed by atoms with Gasteiger partial charge in [0.15, 0.2) is 5.82 Å². The van der Waals surface area contributed by atoms with Gasteiger partial charge in [0.05, 0.1) is 35.0 Å². The third kappa shape index (κ3) is 4.15. The number of alkyl halides is 2. The van der Waals surface area contributed by atoms with Gasteiger partial charge in [-0.2, -0.15) is 4.31 Å². The smallest absolute Gasteiger partial charge is 0.263 e. The maximum Gasteiger partial charge on any atom is 0.263 e. The van der Waals surface area contributed by atoms with E-state index >= 15 is 0 Å². The quantitative estimate of drug-likeness (QED) is 0.554. The standard InChI is InChI=1S/C20H21F3N6O3S/c21-13-8-16(15-7-11(19(22)23)3-5-24-15)29-17(13)9-25-20(27-29)26-14-4-6-28(10-18(14)30)33(31,32)12-1-2-12/h3,5,7-9,12,14,18-19,30H,1-2,4,6,10H2,(H,26,27)/t14-,18-/m1/s1. The maximum absolute atomic E-state index is 14.4. The molecule has 1 saturated carbocycles. The van der Waals surface area contributed by atoms with E-state index in [2.05, 4.69) is 20.4 Å². The van der Waals surface area contributed by atoms with E-state index in [0.717, 1.165) is 6.07 Å². The molecule has 2 aliphatic rings. The fourth-order valence-electron chi connectivity index (χ4n) is 3.97. The van der Waals surface area contributed by atoms with Crippen molar-refractivity contribution in [2.75, 3.05) is 18.4 Å². The zero-order chi connectivity index (χ0) is 23.3. The van der Waals surface area contributed by atoms with Crippen LogP contribution in [0, 0.1) is 5.82 Å². The molecule has 176 valence electrons. The number of pyridine rings is 1. The molecule has 13 heteroatoms. The van der Waals surface area contributed by atoms with Gasteiger partial charge < -0.3 is 10.4 Å². The third-order valence-electron chi connectivity index (χ3n) is 5.93. The molecule has 4 heterocycles. The van der Waals surface area contributed by atoms with Gasteiger partial charge in [-0.1, -0.05) is 0 Å². The lowest BCUT2D eigenvalue weighted by Gasteiger charge is -2.35. The van der Waals surface area contributed by atoms with Gasteiger partial charge >= 0.3 is 0 Å². The summed E-state index contributed by atoms with van der Waals surface area (Å²) in [6.45, 7) is 0.218. The summed E-state index contributed by atoms with van der Waals surface area (Å²) >= 11 is 0. The number of anilines is 1. The van der Waals surface area contributed by atoms with Crippen molar-refractivity contribution in [2.24, 2.45) is 0 Å². The Labute approximate surface area is 187 Å². The minimum atomic E-state index is -3.38. The highest BCUT2D eigenvalue weighted by Gasteiger charge is 2.43. The predicted octanol–water partition coefficient (Wildman–Crippen LogP) is 2.21. The van der Waals surface area contributed by atoms with Crippen molar-refractivity contribution < 1.29 is 26.7 Å². The Hall–Kier alpha value is -2.77. The zero-order valence-electron chi connectivity index (χ0n) is 17.3. The average Bonchev–Trinajstić information content (AvgIpc) is 3.60. The fraction of sp³-hybridized carbons (Fsp3) is 0.450. The van der Waals surface area contributed by atoms with E-state index in [1.165, 1.54) is 33.3 Å². The largest absolute Gasteiger partial charge is 0.390 e. The van der Waals surface area contributed by atoms with Crippen molar-refractivity contribution in [3.05, 3.63) is 42.0 Å². The first-order valence-electron chi connectivity index (χ1n) is 10.5. The molecule has 0 amide bonds. The molecule has 1 aliphatic heterocycles. The number of aliphatic hydroxyl groups excluding tert-OH is 1. The number of nitrogens with one attached hydrogen (secondary N) is 1. The van der Waals surface area contributed by atoms with Gasteiger partial charge in [-0.15, -0.1) is 5.10 Å². The molecular formula is C20H21F3N6O3S. The highest BCUT2D eigenvalue weighted by atomic mass is 32.2. The Morgan fingerprint density at radius 2 is 1.97 bits per heavy atom. The molecule has 0 radical (unpaired) electrons. The van der Waals surface area contributed by atoms with Crippen molar-refractivity contribution in [2.45, 2.75) is 43.1 Å². The molecule has 1 saturated heterocycles. The number of halogens is 3. The Morgan fingerprint density at radius 3 is 2.67 bits per heavy atom. The Bertz CT molecular complexity index is 1300. The second kappa shape index (κ2) is 8.22. The highest BCUT2D eigenvalue weighted by Crippen LogP contribution is 2.33.